The van der Waals surface area contributed by atoms with E-state index in [-0.39, 0.29) is 22.5 Å². The van der Waals surface area contributed by atoms with Crippen LogP contribution in [0.4, 0.5) is 26.3 Å². The molecule has 2 atom stereocenters. The normalized spacial score (nSPS) is 25.5. The second kappa shape index (κ2) is 9.16. The molecule has 2 aliphatic heterocycles. The molecule has 10 rings (SSSR count). The molecule has 248 valence electrons. The number of allylic oxidation sites excluding steroid dienone is 3. The summed E-state index contributed by atoms with van der Waals surface area (Å²) in [7, 11) is 0. The molecule has 0 bridgehead atoms. The first-order chi connectivity index (χ1) is 23.8. The third kappa shape index (κ3) is 3.31. The van der Waals surface area contributed by atoms with Gasteiger partial charge in [0.25, 0.3) is 0 Å². The largest absolute Gasteiger partial charge is 0.480 e. The van der Waals surface area contributed by atoms with E-state index < -0.39 is 39.3 Å². The smallest absolute Gasteiger partial charge is 0.380 e. The van der Waals surface area contributed by atoms with Crippen LogP contribution in [0.3, 0.4) is 0 Å². The first-order valence-electron chi connectivity index (χ1n) is 15.7. The summed E-state index contributed by atoms with van der Waals surface area (Å²) >= 11 is 1.14. The van der Waals surface area contributed by atoms with E-state index in [1.54, 1.807) is 43.6 Å². The molecule has 1 fully saturated rings. The van der Waals surface area contributed by atoms with Crippen molar-refractivity contribution >= 4 is 55.1 Å². The lowest BCUT2D eigenvalue weighted by Gasteiger charge is -2.46. The average molecular weight is 697 g/mol. The lowest BCUT2D eigenvalue weighted by Crippen LogP contribution is -2.53. The minimum absolute atomic E-state index is 0.104. The summed E-state index contributed by atoms with van der Waals surface area (Å²) in [5.41, 5.74) is -0.567. The monoisotopic (exact) mass is 696 g/mol. The maximum absolute atomic E-state index is 15.8. The molecule has 2 aliphatic carbocycles. The standard InChI is InChI=1S/C38H22F6N4OS/c1-34-26(20-7-3-4-10-24(20)49-34)28-27(36(39,40)38(43,44)37(28,41)42)23-17-25(50-35(23,34)2)18-11-13-19(14-12-18)33-47-31-21-8-5-15-45-29(21)30-22(32(31)48-33)9-6-16-46-30/h3-17H,1-2H3,(H,47,48). The van der Waals surface area contributed by atoms with Crippen LogP contribution >= 0.6 is 11.8 Å². The second-order valence-corrected chi connectivity index (χ2v) is 14.7. The Morgan fingerprint density at radius 2 is 1.32 bits per heavy atom. The molecule has 3 aromatic heterocycles. The third-order valence-corrected chi connectivity index (χ3v) is 12.2. The van der Waals surface area contributed by atoms with Crippen LogP contribution in [0.15, 0.2) is 108 Å². The van der Waals surface area contributed by atoms with E-state index in [1.807, 2.05) is 36.4 Å². The number of para-hydroxylation sites is 1. The number of aromatic nitrogens is 4. The van der Waals surface area contributed by atoms with Crippen molar-refractivity contribution in [2.75, 3.05) is 0 Å². The molecule has 6 aromatic rings. The Balaban J connectivity index is 1.12. The number of hydrogen-bond donors (Lipinski definition) is 1. The molecular weight excluding hydrogens is 675 g/mol. The van der Waals surface area contributed by atoms with Gasteiger partial charge in [-0.1, -0.05) is 42.5 Å². The fourth-order valence-electron chi connectivity index (χ4n) is 8.06. The molecule has 1 saturated carbocycles. The Labute approximate surface area is 283 Å². The summed E-state index contributed by atoms with van der Waals surface area (Å²) in [4.78, 5) is 17.9. The van der Waals surface area contributed by atoms with Crippen LogP contribution in [-0.2, 0) is 0 Å². The zero-order chi connectivity index (χ0) is 34.6. The number of H-pyrrole nitrogens is 1. The van der Waals surface area contributed by atoms with Gasteiger partial charge in [-0.05, 0) is 61.4 Å². The zero-order valence-corrected chi connectivity index (χ0v) is 26.9. The lowest BCUT2D eigenvalue weighted by atomic mass is 9.68. The van der Waals surface area contributed by atoms with Gasteiger partial charge in [0.1, 0.15) is 11.6 Å². The molecule has 12 heteroatoms. The topological polar surface area (TPSA) is 63.7 Å². The predicted molar refractivity (Wildman–Crippen MR) is 180 cm³/mol. The van der Waals surface area contributed by atoms with Gasteiger partial charge >= 0.3 is 17.8 Å². The Morgan fingerprint density at radius 3 is 2.06 bits per heavy atom. The summed E-state index contributed by atoms with van der Waals surface area (Å²) in [5, 5.41) is 1.70. The molecule has 4 aliphatic rings. The minimum atomic E-state index is -5.65. The van der Waals surface area contributed by atoms with Crippen LogP contribution in [-0.4, -0.2) is 48.1 Å². The Bertz CT molecular complexity index is 2550. The van der Waals surface area contributed by atoms with Crippen molar-refractivity contribution in [2.45, 2.75) is 42.0 Å². The summed E-state index contributed by atoms with van der Waals surface area (Å²) < 4.78 is 98.1. The van der Waals surface area contributed by atoms with Crippen molar-refractivity contribution in [3.8, 4) is 17.1 Å². The average Bonchev–Trinajstić information content (AvgIpc) is 3.82. The highest BCUT2D eigenvalue weighted by Crippen LogP contribution is 2.74. The number of thioether (sulfide) groups is 1. The maximum atomic E-state index is 15.8. The third-order valence-electron chi connectivity index (χ3n) is 10.7. The summed E-state index contributed by atoms with van der Waals surface area (Å²) in [5.74, 6) is -15.2. The fraction of sp³-hybridized carbons (Fsp3) is 0.184. The van der Waals surface area contributed by atoms with Gasteiger partial charge in [-0.2, -0.15) is 26.3 Å². The number of imidazole rings is 1. The zero-order valence-electron chi connectivity index (χ0n) is 26.1. The van der Waals surface area contributed by atoms with Crippen molar-refractivity contribution in [3.63, 3.8) is 0 Å². The summed E-state index contributed by atoms with van der Waals surface area (Å²) in [6.07, 6.45) is 4.76. The van der Waals surface area contributed by atoms with Crippen LogP contribution in [0.25, 0.3) is 54.7 Å². The van der Waals surface area contributed by atoms with Crippen molar-refractivity contribution in [1.82, 2.24) is 19.9 Å². The first kappa shape index (κ1) is 29.8. The van der Waals surface area contributed by atoms with Crippen molar-refractivity contribution < 1.29 is 31.1 Å². The van der Waals surface area contributed by atoms with Crippen LogP contribution in [0.2, 0.25) is 0 Å². The number of nitrogens with one attached hydrogen (secondary N) is 1. The molecular formula is C38H22F6N4OS. The van der Waals surface area contributed by atoms with E-state index in [9.17, 15) is 0 Å². The Morgan fingerprint density at radius 1 is 0.680 bits per heavy atom. The highest BCUT2D eigenvalue weighted by molar-refractivity contribution is 8.10. The van der Waals surface area contributed by atoms with Gasteiger partial charge in [0, 0.05) is 55.9 Å². The predicted octanol–water partition coefficient (Wildman–Crippen LogP) is 10.0. The number of rotatable bonds is 2. The van der Waals surface area contributed by atoms with Gasteiger partial charge in [0.15, 0.2) is 5.60 Å². The van der Waals surface area contributed by atoms with Gasteiger partial charge in [-0.15, -0.1) is 11.8 Å². The molecule has 50 heavy (non-hydrogen) atoms. The van der Waals surface area contributed by atoms with Gasteiger partial charge in [-0.25, -0.2) is 4.98 Å². The summed E-state index contributed by atoms with van der Waals surface area (Å²) in [6.45, 7) is 3.11. The molecule has 1 N–H and O–H groups in total. The number of hydrogen-bond acceptors (Lipinski definition) is 5. The van der Waals surface area contributed by atoms with E-state index in [0.717, 1.165) is 50.2 Å². The van der Waals surface area contributed by atoms with Crippen molar-refractivity contribution in [1.29, 1.82) is 0 Å². The van der Waals surface area contributed by atoms with Crippen molar-refractivity contribution in [3.05, 3.63) is 119 Å². The first-order valence-corrected chi connectivity index (χ1v) is 16.6. The number of alkyl halides is 6. The summed E-state index contributed by atoms with van der Waals surface area (Å²) in [6, 6.07) is 20.8. The Kier molecular flexibility index (Phi) is 5.46. The van der Waals surface area contributed by atoms with E-state index in [2.05, 4.69) is 15.0 Å². The van der Waals surface area contributed by atoms with Gasteiger partial charge < -0.3 is 9.72 Å². The van der Waals surface area contributed by atoms with E-state index in [0.29, 0.717) is 16.3 Å². The van der Waals surface area contributed by atoms with Crippen LogP contribution < -0.4 is 4.74 Å². The number of benzene rings is 3. The van der Waals surface area contributed by atoms with Crippen LogP contribution in [0.1, 0.15) is 25.0 Å². The maximum Gasteiger partial charge on any atom is 0.380 e. The second-order valence-electron chi connectivity index (χ2n) is 13.2. The number of nitrogens with zero attached hydrogens (tertiary/aromatic N) is 3. The molecule has 5 nitrogen and oxygen atoms in total. The van der Waals surface area contributed by atoms with E-state index in [4.69, 9.17) is 9.72 Å². The number of fused-ring (bicyclic) bond motifs is 12. The van der Waals surface area contributed by atoms with Crippen LogP contribution in [0.5, 0.6) is 5.75 Å². The number of aromatic amines is 1. The van der Waals surface area contributed by atoms with E-state index >= 15 is 26.3 Å². The molecule has 0 radical (unpaired) electrons. The fourth-order valence-corrected chi connectivity index (χ4v) is 9.54. The Hall–Kier alpha value is -5.10. The van der Waals surface area contributed by atoms with Gasteiger partial charge in [-0.3, -0.25) is 9.97 Å². The van der Waals surface area contributed by atoms with Crippen LogP contribution in [0, 0.1) is 0 Å². The number of halogens is 6. The van der Waals surface area contributed by atoms with E-state index in [1.165, 1.54) is 25.1 Å². The quantitative estimate of drug-likeness (QED) is 0.144. The van der Waals surface area contributed by atoms with Crippen molar-refractivity contribution in [2.24, 2.45) is 0 Å². The minimum Gasteiger partial charge on any atom is -0.480 e. The molecule has 5 heterocycles. The number of ether oxygens (including phenoxy) is 1. The number of pyridine rings is 2. The SMILES string of the molecule is CC12Oc3ccccc3C1=C1C(=C3C=C(c4ccc(-c5nc6c7cccnc7c7ncccc7c6[nH]5)cc4)SC32C)C(F)(F)C(F)(F)C1(F)F. The lowest BCUT2D eigenvalue weighted by molar-refractivity contribution is -0.257. The highest BCUT2D eigenvalue weighted by Gasteiger charge is 2.85. The van der Waals surface area contributed by atoms with Gasteiger partial charge in [0.05, 0.1) is 26.8 Å². The van der Waals surface area contributed by atoms with Gasteiger partial charge in [0.2, 0.25) is 0 Å². The molecule has 0 amide bonds. The highest BCUT2D eigenvalue weighted by atomic mass is 32.2. The molecule has 3 aromatic carbocycles. The molecule has 0 spiro atoms. The molecule has 2 unspecified atom stereocenters. The molecule has 0 saturated heterocycles.